The minimum atomic E-state index is -3.62. The molecule has 3 rings (SSSR count). The Kier molecular flexibility index (Phi) is 9.41. The summed E-state index contributed by atoms with van der Waals surface area (Å²) in [6, 6.07) is 24.3. The molecule has 0 spiro atoms. The first-order valence-corrected chi connectivity index (χ1v) is 16.9. The molecular formula is C23H26BiNO4P2+2. The zero-order chi connectivity index (χ0) is 22.2. The fourth-order valence-electron chi connectivity index (χ4n) is 3.06. The second-order valence-electron chi connectivity index (χ2n) is 7.12. The van der Waals surface area contributed by atoms with Crippen LogP contribution in [0.2, 0.25) is 0 Å². The molecule has 0 amide bonds. The molecular weight excluding hydrogens is 625 g/mol. The molecule has 0 aliphatic carbocycles. The molecule has 0 fully saturated rings. The number of aryl methyl sites for hydroxylation is 1. The summed E-state index contributed by atoms with van der Waals surface area (Å²) in [4.78, 5) is 2.08. The summed E-state index contributed by atoms with van der Waals surface area (Å²) in [7, 11) is -0.224. The first kappa shape index (κ1) is 24.3. The molecule has 8 heteroatoms. The molecule has 160 valence electrons. The van der Waals surface area contributed by atoms with Gasteiger partial charge in [-0.05, 0) is 0 Å². The van der Waals surface area contributed by atoms with Gasteiger partial charge in [0.1, 0.15) is 0 Å². The van der Waals surface area contributed by atoms with Crippen molar-refractivity contribution in [2.24, 2.45) is 0 Å². The third-order valence-electron chi connectivity index (χ3n) is 4.48. The van der Waals surface area contributed by atoms with Crippen molar-refractivity contribution in [2.75, 3.05) is 14.1 Å². The molecule has 31 heavy (non-hydrogen) atoms. The third-order valence-corrected chi connectivity index (χ3v) is 17.1. The van der Waals surface area contributed by atoms with E-state index in [1.807, 2.05) is 56.6 Å². The summed E-state index contributed by atoms with van der Waals surface area (Å²) in [5, 5.41) is 1.22. The number of nitrogens with zero attached hydrogens (tertiary/aromatic N) is 1. The molecule has 0 aromatic heterocycles. The van der Waals surface area contributed by atoms with E-state index >= 15 is 0 Å². The van der Waals surface area contributed by atoms with E-state index in [1.165, 1.54) is 0 Å². The Morgan fingerprint density at radius 1 is 0.742 bits per heavy atom. The molecule has 3 aromatic rings. The van der Waals surface area contributed by atoms with Gasteiger partial charge in [0.05, 0.1) is 0 Å². The van der Waals surface area contributed by atoms with Gasteiger partial charge < -0.3 is 0 Å². The fraction of sp³-hybridized carbons (Fsp3) is 0.217. The standard InChI is InChI=1S/C11H16N.2C6H5O2P.Bi/c1-4-10-6-5-7-11(8-10)9-12(2)3;2*7-9(8)6-4-2-1-3-5-6;/h5-7H,4,9H2,1-3H3;2*1-5H;/q;;;+2. The number of benzene rings is 3. The van der Waals surface area contributed by atoms with E-state index in [4.69, 9.17) is 5.20 Å². The van der Waals surface area contributed by atoms with Gasteiger partial charge in [0, 0.05) is 0 Å². The Hall–Kier alpha value is -1.38. The van der Waals surface area contributed by atoms with Crippen LogP contribution in [0.25, 0.3) is 0 Å². The molecule has 0 saturated carbocycles. The van der Waals surface area contributed by atoms with E-state index in [-0.39, 0.29) is 0 Å². The second kappa shape index (κ2) is 12.0. The predicted molar refractivity (Wildman–Crippen MR) is 128 cm³/mol. The van der Waals surface area contributed by atoms with Gasteiger partial charge >= 0.3 is 196 Å². The van der Waals surface area contributed by atoms with Crippen molar-refractivity contribution in [1.29, 1.82) is 0 Å². The molecule has 5 nitrogen and oxygen atoms in total. The van der Waals surface area contributed by atoms with Crippen LogP contribution in [0.15, 0.2) is 78.9 Å². The van der Waals surface area contributed by atoms with Crippen molar-refractivity contribution in [1.82, 2.24) is 4.90 Å². The molecule has 0 aliphatic heterocycles. The van der Waals surface area contributed by atoms with Crippen molar-refractivity contribution < 1.29 is 14.3 Å². The molecule has 0 radical (unpaired) electrons. The van der Waals surface area contributed by atoms with Crippen LogP contribution in [0.5, 0.6) is 0 Å². The van der Waals surface area contributed by atoms with Gasteiger partial charge in [-0.3, -0.25) is 0 Å². The summed E-state index contributed by atoms with van der Waals surface area (Å²) < 4.78 is 39.5. The van der Waals surface area contributed by atoms with Crippen LogP contribution in [-0.4, -0.2) is 41.6 Å². The van der Waals surface area contributed by atoms with Crippen molar-refractivity contribution >= 4 is 52.6 Å². The average Bonchev–Trinajstić information content (AvgIpc) is 2.79. The van der Waals surface area contributed by atoms with Crippen molar-refractivity contribution in [3.05, 3.63) is 90.0 Å². The monoisotopic (exact) mass is 651 g/mol. The van der Waals surface area contributed by atoms with E-state index < -0.39 is 38.7 Å². The maximum absolute atomic E-state index is 13.1. The normalized spacial score (nSPS) is 12.3. The van der Waals surface area contributed by atoms with Crippen LogP contribution in [0, 0.1) is 0 Å². The Labute approximate surface area is 195 Å². The van der Waals surface area contributed by atoms with E-state index in [9.17, 15) is 9.13 Å². The molecule has 0 bridgehead atoms. The van der Waals surface area contributed by atoms with Gasteiger partial charge in [0.15, 0.2) is 0 Å². The number of hydrogen-bond donors (Lipinski definition) is 0. The minimum absolute atomic E-state index is 0.610. The molecule has 0 N–H and O–H groups in total. The topological polar surface area (TPSA) is 55.8 Å². The fourth-order valence-corrected chi connectivity index (χ4v) is 16.2. The SMILES string of the molecule is CCc1cccc(CN(C)C)[c]1[Bi]([O][P+](=O)c1ccccc1)[O][P+](=O)c1ccccc1. The van der Waals surface area contributed by atoms with E-state index in [2.05, 4.69) is 24.0 Å². The predicted octanol–water partition coefficient (Wildman–Crippen LogP) is 4.17. The molecule has 0 saturated heterocycles. The van der Waals surface area contributed by atoms with E-state index in [0.29, 0.717) is 17.2 Å². The number of hydrogen-bond acceptors (Lipinski definition) is 5. The maximum atomic E-state index is 13.1. The molecule has 3 aromatic carbocycles. The zero-order valence-corrected chi connectivity index (χ0v) is 23.1. The van der Waals surface area contributed by atoms with Gasteiger partial charge in [-0.15, -0.1) is 0 Å². The summed E-state index contributed by atoms with van der Waals surface area (Å²) >= 11 is -3.62. The van der Waals surface area contributed by atoms with Crippen LogP contribution < -0.4 is 13.9 Å². The summed E-state index contributed by atoms with van der Waals surface area (Å²) in [6.45, 7) is 2.78. The second-order valence-corrected chi connectivity index (χ2v) is 17.1. The summed E-state index contributed by atoms with van der Waals surface area (Å²) in [5.74, 6) is 0. The van der Waals surface area contributed by atoms with Gasteiger partial charge in [-0.2, -0.15) is 0 Å². The van der Waals surface area contributed by atoms with E-state index in [0.717, 1.165) is 20.8 Å². The average molecular weight is 651 g/mol. The number of rotatable bonds is 10. The molecule has 2 atom stereocenters. The zero-order valence-electron chi connectivity index (χ0n) is 17.8. The van der Waals surface area contributed by atoms with Gasteiger partial charge in [-0.25, -0.2) is 0 Å². The van der Waals surface area contributed by atoms with Crippen LogP contribution in [0.1, 0.15) is 18.1 Å². The Balaban J connectivity index is 2.01. The third kappa shape index (κ3) is 6.80. The van der Waals surface area contributed by atoms with Gasteiger partial charge in [-0.1, -0.05) is 0 Å². The van der Waals surface area contributed by atoms with Crippen molar-refractivity contribution in [3.8, 4) is 0 Å². The molecule has 0 aliphatic rings. The van der Waals surface area contributed by atoms with Crippen molar-refractivity contribution in [2.45, 2.75) is 19.9 Å². The molecule has 0 heterocycles. The Morgan fingerprint density at radius 3 is 1.68 bits per heavy atom. The van der Waals surface area contributed by atoms with Crippen LogP contribution in [-0.2, 0) is 27.3 Å². The Bertz CT molecular complexity index is 979. The van der Waals surface area contributed by atoms with E-state index in [1.54, 1.807) is 24.3 Å². The first-order chi connectivity index (χ1) is 15.0. The quantitative estimate of drug-likeness (QED) is 0.244. The van der Waals surface area contributed by atoms with Crippen LogP contribution in [0.4, 0.5) is 0 Å². The van der Waals surface area contributed by atoms with Crippen LogP contribution >= 0.6 is 16.1 Å². The molecule has 2 unspecified atom stereocenters. The Morgan fingerprint density at radius 2 is 1.23 bits per heavy atom. The first-order valence-electron chi connectivity index (χ1n) is 9.96. The van der Waals surface area contributed by atoms with Gasteiger partial charge in [0.25, 0.3) is 0 Å². The van der Waals surface area contributed by atoms with Gasteiger partial charge in [0.2, 0.25) is 0 Å². The summed E-state index contributed by atoms with van der Waals surface area (Å²) in [5.41, 5.74) is 2.18. The van der Waals surface area contributed by atoms with Crippen molar-refractivity contribution in [3.63, 3.8) is 0 Å². The van der Waals surface area contributed by atoms with Crippen LogP contribution in [0.3, 0.4) is 0 Å². The summed E-state index contributed by atoms with van der Waals surface area (Å²) in [6.07, 6.45) is 0.791.